The van der Waals surface area contributed by atoms with Gasteiger partial charge < -0.3 is 29.6 Å². The van der Waals surface area contributed by atoms with Crippen molar-refractivity contribution < 1.29 is 23.7 Å². The Balaban J connectivity index is 0.881. The smallest absolute Gasteiger partial charge is 0.452 e. The molecule has 0 amide bonds. The average molecular weight is 681 g/mol. The largest absolute Gasteiger partial charge is 0.514 e. The number of fused-ring (bicyclic) bond motifs is 2. The van der Waals surface area contributed by atoms with Crippen LogP contribution in [0.4, 0.5) is 4.79 Å². The highest BCUT2D eigenvalue weighted by molar-refractivity contribution is 5.61. The van der Waals surface area contributed by atoms with Crippen LogP contribution < -0.4 is 20.1 Å². The van der Waals surface area contributed by atoms with Crippen LogP contribution in [0, 0.1) is 23.7 Å². The summed E-state index contributed by atoms with van der Waals surface area (Å²) in [4.78, 5) is 13.8. The van der Waals surface area contributed by atoms with Crippen molar-refractivity contribution in [2.75, 3.05) is 13.1 Å². The van der Waals surface area contributed by atoms with E-state index >= 15 is 0 Å². The van der Waals surface area contributed by atoms with Crippen molar-refractivity contribution in [3.05, 3.63) is 58.7 Å². The molecule has 10 rings (SSSR count). The molecule has 2 N–H and O–H groups in total. The first-order chi connectivity index (χ1) is 24.3. The molecule has 0 aromatic heterocycles. The molecule has 4 bridgehead atoms. The molecule has 2 aliphatic heterocycles. The fourth-order valence-corrected chi connectivity index (χ4v) is 12.3. The number of carbonyl (C=O) groups is 1. The molecule has 2 unspecified atom stereocenters. The molecule has 7 heteroatoms. The van der Waals surface area contributed by atoms with Crippen LogP contribution in [0.3, 0.4) is 0 Å². The summed E-state index contributed by atoms with van der Waals surface area (Å²) < 4.78 is 26.0. The third-order valence-electron chi connectivity index (χ3n) is 15.1. The number of nitrogens with one attached hydrogen (secondary N) is 2. The van der Waals surface area contributed by atoms with E-state index in [9.17, 15) is 4.79 Å². The molecule has 0 radical (unpaired) electrons. The van der Waals surface area contributed by atoms with E-state index in [2.05, 4.69) is 47.0 Å². The second kappa shape index (κ2) is 11.6. The Kier molecular flexibility index (Phi) is 7.42. The Hall–Kier alpha value is -2.77. The fourth-order valence-electron chi connectivity index (χ4n) is 12.3. The number of ether oxygens (including phenoxy) is 4. The van der Waals surface area contributed by atoms with Crippen LogP contribution in [0.5, 0.6) is 11.5 Å². The minimum absolute atomic E-state index is 0.139. The summed E-state index contributed by atoms with van der Waals surface area (Å²) in [5.74, 6) is 1.08. The lowest BCUT2D eigenvalue weighted by atomic mass is 9.53. The van der Waals surface area contributed by atoms with Gasteiger partial charge in [-0.15, -0.1) is 0 Å². The zero-order valence-corrected chi connectivity index (χ0v) is 30.2. The number of hydrogen-bond donors (Lipinski definition) is 2. The molecule has 2 heterocycles. The first-order valence-electron chi connectivity index (χ1n) is 20.3. The quantitative estimate of drug-likeness (QED) is 0.215. The Morgan fingerprint density at radius 1 is 0.640 bits per heavy atom. The molecule has 2 aromatic rings. The minimum atomic E-state index is -1.10. The van der Waals surface area contributed by atoms with E-state index in [0.717, 1.165) is 63.1 Å². The Morgan fingerprint density at radius 2 is 1.10 bits per heavy atom. The van der Waals surface area contributed by atoms with Gasteiger partial charge in [0.25, 0.3) is 11.6 Å². The molecule has 2 saturated heterocycles. The van der Waals surface area contributed by atoms with Crippen molar-refractivity contribution >= 4 is 6.16 Å². The van der Waals surface area contributed by atoms with Crippen LogP contribution in [0.2, 0.25) is 0 Å². The van der Waals surface area contributed by atoms with E-state index in [1.54, 1.807) is 0 Å². The summed E-state index contributed by atoms with van der Waals surface area (Å²) in [6.45, 7) is 6.04. The van der Waals surface area contributed by atoms with Crippen LogP contribution in [0.1, 0.15) is 126 Å². The topological polar surface area (TPSA) is 78.1 Å². The van der Waals surface area contributed by atoms with Gasteiger partial charge in [-0.25, -0.2) is 4.79 Å². The van der Waals surface area contributed by atoms with Crippen molar-refractivity contribution in [2.24, 2.45) is 23.7 Å². The summed E-state index contributed by atoms with van der Waals surface area (Å²) >= 11 is 0. The summed E-state index contributed by atoms with van der Waals surface area (Å²) in [6, 6.07) is 14.5. The highest BCUT2D eigenvalue weighted by Gasteiger charge is 2.55. The highest BCUT2D eigenvalue weighted by Crippen LogP contribution is 2.56. The summed E-state index contributed by atoms with van der Waals surface area (Å²) in [6.07, 6.45) is 18.2. The lowest BCUT2D eigenvalue weighted by molar-refractivity contribution is -0.205. The summed E-state index contributed by atoms with van der Waals surface area (Å²) in [5, 5.41) is 7.69. The van der Waals surface area contributed by atoms with Crippen molar-refractivity contribution in [1.82, 2.24) is 10.6 Å². The van der Waals surface area contributed by atoms with E-state index < -0.39 is 17.7 Å². The summed E-state index contributed by atoms with van der Waals surface area (Å²) in [7, 11) is 0. The van der Waals surface area contributed by atoms with Crippen LogP contribution in [0.15, 0.2) is 36.4 Å². The molecule has 8 atom stereocenters. The van der Waals surface area contributed by atoms with E-state index in [-0.39, 0.29) is 22.7 Å². The van der Waals surface area contributed by atoms with Gasteiger partial charge in [0.15, 0.2) is 0 Å². The highest BCUT2D eigenvalue weighted by atomic mass is 16.8. The van der Waals surface area contributed by atoms with Crippen LogP contribution in [-0.4, -0.2) is 42.9 Å². The fraction of sp³-hybridized carbons (Fsp3) is 0.698. The lowest BCUT2D eigenvalue weighted by Crippen LogP contribution is -2.59. The molecule has 8 aliphatic rings. The van der Waals surface area contributed by atoms with E-state index in [4.69, 9.17) is 18.9 Å². The van der Waals surface area contributed by atoms with Crippen LogP contribution >= 0.6 is 0 Å². The Morgan fingerprint density at radius 3 is 1.54 bits per heavy atom. The molecule has 2 aromatic carbocycles. The number of hydrogen-bond acceptors (Lipinski definition) is 7. The lowest BCUT2D eigenvalue weighted by Gasteiger charge is -2.56. The van der Waals surface area contributed by atoms with Crippen molar-refractivity contribution in [1.29, 1.82) is 0 Å². The predicted molar refractivity (Wildman–Crippen MR) is 191 cm³/mol. The third kappa shape index (κ3) is 5.14. The van der Waals surface area contributed by atoms with E-state index in [1.807, 2.05) is 13.8 Å². The third-order valence-corrected chi connectivity index (χ3v) is 15.1. The number of piperidine rings is 2. The van der Waals surface area contributed by atoms with Crippen molar-refractivity contribution in [3.63, 3.8) is 0 Å². The maximum Gasteiger partial charge on any atom is 0.514 e. The van der Waals surface area contributed by atoms with Gasteiger partial charge in [0, 0.05) is 48.6 Å². The molecule has 4 saturated carbocycles. The van der Waals surface area contributed by atoms with Gasteiger partial charge in [0.05, 0.1) is 0 Å². The molecular weight excluding hydrogens is 624 g/mol. The van der Waals surface area contributed by atoms with E-state index in [0.29, 0.717) is 23.9 Å². The first kappa shape index (κ1) is 31.9. The second-order valence-corrected chi connectivity index (χ2v) is 17.9. The van der Waals surface area contributed by atoms with Gasteiger partial charge in [-0.1, -0.05) is 37.8 Å². The maximum atomic E-state index is 13.8. The molecule has 268 valence electrons. The van der Waals surface area contributed by atoms with Gasteiger partial charge in [-0.05, 0) is 148 Å². The predicted octanol–water partition coefficient (Wildman–Crippen LogP) is 8.24. The van der Waals surface area contributed by atoms with Crippen LogP contribution in [-0.2, 0) is 33.1 Å². The molecule has 50 heavy (non-hydrogen) atoms. The van der Waals surface area contributed by atoms with Gasteiger partial charge in [0.1, 0.15) is 11.5 Å². The molecular formula is C43H56N2O5. The standard InChI is InChI=1S/C43H56N2O5/c1-40(29-11-12-29,47-31-15-9-27-23-37-33-7-3-5-17-42(33,19-21-44-37)35(27)25-31)49-39(46)50-41(2,30-13-14-30)48-32-16-10-28-24-38-34-8-4-6-18-43(34,20-22-45-38)36(28)26-32/h9-10,15-16,25-26,29-30,33-34,37-38,44-45H,3-8,11-14,17-24H2,1-2H3/t33-,34-,37+,38+,40?,41?,42+,43+/m0/s1. The molecule has 7 nitrogen and oxygen atoms in total. The van der Waals surface area contributed by atoms with Gasteiger partial charge in [-0.3, -0.25) is 0 Å². The SMILES string of the molecule is CC(OC(=O)OC(C)(Oc1ccc2c(c1)[C@@]13CCCC[C@H]1[C@@H](C2)NCC3)C1CC1)(Oc1ccc2c(c1)[C@@]13CCCC[C@H]1[C@@H](C2)NCC3)C1CC1. The normalized spacial score (nSPS) is 36.2. The van der Waals surface area contributed by atoms with Gasteiger partial charge in [-0.2, -0.15) is 0 Å². The minimum Gasteiger partial charge on any atom is -0.452 e. The number of benzene rings is 2. The van der Waals surface area contributed by atoms with E-state index in [1.165, 1.54) is 86.5 Å². The van der Waals surface area contributed by atoms with Gasteiger partial charge >= 0.3 is 6.16 Å². The van der Waals surface area contributed by atoms with Crippen molar-refractivity contribution in [3.8, 4) is 11.5 Å². The first-order valence-corrected chi connectivity index (χ1v) is 20.3. The zero-order valence-electron chi connectivity index (χ0n) is 30.2. The summed E-state index contributed by atoms with van der Waals surface area (Å²) in [5.41, 5.74) is 6.36. The maximum absolute atomic E-state index is 13.8. The zero-order chi connectivity index (χ0) is 33.7. The Bertz CT molecular complexity index is 1540. The average Bonchev–Trinajstić information content (AvgIpc) is 4.02. The number of rotatable bonds is 8. The van der Waals surface area contributed by atoms with Crippen LogP contribution in [0.25, 0.3) is 0 Å². The molecule has 6 fully saturated rings. The second-order valence-electron chi connectivity index (χ2n) is 17.9. The molecule has 0 spiro atoms. The van der Waals surface area contributed by atoms with Crippen molar-refractivity contribution in [2.45, 2.75) is 151 Å². The van der Waals surface area contributed by atoms with Gasteiger partial charge in [0.2, 0.25) is 0 Å². The molecule has 6 aliphatic carbocycles. The monoisotopic (exact) mass is 680 g/mol. The Labute approximate surface area is 297 Å². The number of carbonyl (C=O) groups excluding carboxylic acids is 1.